The van der Waals surface area contributed by atoms with E-state index in [-0.39, 0.29) is 12.5 Å². The van der Waals surface area contributed by atoms with Crippen LogP contribution in [0.2, 0.25) is 0 Å². The van der Waals surface area contributed by atoms with Crippen molar-refractivity contribution in [2.75, 3.05) is 25.1 Å². The number of aromatic amines is 1. The van der Waals surface area contributed by atoms with Gasteiger partial charge in [-0.25, -0.2) is 24.9 Å². The van der Waals surface area contributed by atoms with Crippen LogP contribution < -0.4 is 11.1 Å². The zero-order chi connectivity index (χ0) is 22.8. The summed E-state index contributed by atoms with van der Waals surface area (Å²) >= 11 is 0. The van der Waals surface area contributed by atoms with Crippen molar-refractivity contribution in [3.63, 3.8) is 0 Å². The number of carbonyl (C=O) groups is 1. The van der Waals surface area contributed by atoms with Crippen LogP contribution in [0, 0.1) is 6.92 Å². The number of amides is 1. The second kappa shape index (κ2) is 8.73. The summed E-state index contributed by atoms with van der Waals surface area (Å²) in [7, 11) is 0. The molecule has 0 saturated heterocycles. The third kappa shape index (κ3) is 4.02. The number of imidazole rings is 1. The molecule has 0 atom stereocenters. The zero-order valence-corrected chi connectivity index (χ0v) is 17.8. The lowest BCUT2D eigenvalue weighted by atomic mass is 10.3. The first-order valence-electron chi connectivity index (χ1n) is 10.3. The number of ether oxygens (including phenoxy) is 1. The largest absolute Gasteiger partial charge is 0.370 e. The van der Waals surface area contributed by atoms with Crippen molar-refractivity contribution in [3.05, 3.63) is 54.7 Å². The first-order chi connectivity index (χ1) is 16.1. The molecule has 0 radical (unpaired) electrons. The van der Waals surface area contributed by atoms with Crippen LogP contribution in [0.4, 0.5) is 5.82 Å². The van der Waals surface area contributed by atoms with Crippen molar-refractivity contribution in [2.45, 2.75) is 6.92 Å². The molecule has 0 aliphatic rings. The van der Waals surface area contributed by atoms with E-state index in [0.29, 0.717) is 47.5 Å². The lowest BCUT2D eigenvalue weighted by Crippen LogP contribution is -2.21. The number of nitrogens with zero attached hydrogens (tertiary/aromatic N) is 6. The molecule has 0 saturated carbocycles. The van der Waals surface area contributed by atoms with Gasteiger partial charge in [0.25, 0.3) is 5.91 Å². The molecule has 4 N–H and O–H groups in total. The van der Waals surface area contributed by atoms with Gasteiger partial charge in [0.05, 0.1) is 18.5 Å². The summed E-state index contributed by atoms with van der Waals surface area (Å²) in [5, 5.41) is 3.54. The van der Waals surface area contributed by atoms with Crippen LogP contribution in [0.3, 0.4) is 0 Å². The minimum absolute atomic E-state index is 0.0946. The number of nitrogens with two attached hydrogens (primary N) is 1. The Labute approximate surface area is 188 Å². The number of aryl methyl sites for hydroxylation is 1. The van der Waals surface area contributed by atoms with Crippen LogP contribution in [0.15, 0.2) is 49.1 Å². The summed E-state index contributed by atoms with van der Waals surface area (Å²) in [6.07, 6.45) is 5.06. The summed E-state index contributed by atoms with van der Waals surface area (Å²) in [6, 6.07) is 9.42. The van der Waals surface area contributed by atoms with Gasteiger partial charge in [-0.3, -0.25) is 9.36 Å². The third-order valence-corrected chi connectivity index (χ3v) is 4.98. The molecule has 5 rings (SSSR count). The standard InChI is InChI=1S/C22H21N9O2/c1-13-3-2-4-15(27-13)20-29-21-18(25-12-26-21)22(30-20)31-9-6-14-16(31)5-8-24-19(14)28-17(32)11-33-10-7-23/h2-6,8-9,12H,7,10-11,23H2,1H3,(H,24,28,32)(H,25,26,29,30). The van der Waals surface area contributed by atoms with E-state index in [2.05, 4.69) is 30.2 Å². The number of H-pyrrole nitrogens is 1. The lowest BCUT2D eigenvalue weighted by molar-refractivity contribution is -0.120. The summed E-state index contributed by atoms with van der Waals surface area (Å²) in [5.74, 6) is 1.19. The maximum atomic E-state index is 12.2. The van der Waals surface area contributed by atoms with Gasteiger partial charge in [0, 0.05) is 30.0 Å². The Morgan fingerprint density at radius 1 is 1.18 bits per heavy atom. The molecule has 0 spiro atoms. The van der Waals surface area contributed by atoms with Gasteiger partial charge in [0.1, 0.15) is 18.1 Å². The van der Waals surface area contributed by atoms with Crippen molar-refractivity contribution in [1.29, 1.82) is 0 Å². The van der Waals surface area contributed by atoms with Crippen molar-refractivity contribution < 1.29 is 9.53 Å². The van der Waals surface area contributed by atoms with Crippen molar-refractivity contribution in [1.82, 2.24) is 34.5 Å². The number of carbonyl (C=O) groups excluding carboxylic acids is 1. The van der Waals surface area contributed by atoms with Gasteiger partial charge in [-0.1, -0.05) is 6.07 Å². The fourth-order valence-corrected chi connectivity index (χ4v) is 3.54. The van der Waals surface area contributed by atoms with E-state index < -0.39 is 0 Å². The number of aromatic nitrogens is 7. The monoisotopic (exact) mass is 443 g/mol. The van der Waals surface area contributed by atoms with Crippen LogP contribution >= 0.6 is 0 Å². The molecule has 0 bridgehead atoms. The summed E-state index contributed by atoms with van der Waals surface area (Å²) < 4.78 is 7.09. The van der Waals surface area contributed by atoms with E-state index >= 15 is 0 Å². The van der Waals surface area contributed by atoms with Crippen LogP contribution in [0.1, 0.15) is 5.69 Å². The molecule has 5 aromatic rings. The summed E-state index contributed by atoms with van der Waals surface area (Å²) in [4.78, 5) is 37.9. The molecule has 0 aliphatic heterocycles. The molecule has 0 unspecified atom stereocenters. The van der Waals surface area contributed by atoms with Crippen LogP contribution in [0.5, 0.6) is 0 Å². The molecule has 0 fully saturated rings. The highest BCUT2D eigenvalue weighted by molar-refractivity contribution is 6.01. The number of hydrogen-bond donors (Lipinski definition) is 3. The summed E-state index contributed by atoms with van der Waals surface area (Å²) in [6.45, 7) is 2.49. The highest BCUT2D eigenvalue weighted by atomic mass is 16.5. The maximum absolute atomic E-state index is 12.2. The summed E-state index contributed by atoms with van der Waals surface area (Å²) in [5.41, 5.74) is 8.94. The fraction of sp³-hybridized carbons (Fsp3) is 0.182. The van der Waals surface area contributed by atoms with Gasteiger partial charge in [0.15, 0.2) is 22.8 Å². The molecule has 33 heavy (non-hydrogen) atoms. The molecule has 5 aromatic heterocycles. The Balaban J connectivity index is 1.58. The Hall–Kier alpha value is -4.22. The SMILES string of the molecule is Cc1cccc(-c2nc(-n3ccc4c(NC(=O)COCCN)nccc43)c3nc[nH]c3n2)n1. The van der Waals surface area contributed by atoms with Gasteiger partial charge in [0.2, 0.25) is 0 Å². The van der Waals surface area contributed by atoms with Crippen LogP contribution in [-0.4, -0.2) is 60.1 Å². The minimum Gasteiger partial charge on any atom is -0.370 e. The van der Waals surface area contributed by atoms with Gasteiger partial charge >= 0.3 is 0 Å². The van der Waals surface area contributed by atoms with Crippen LogP contribution in [-0.2, 0) is 9.53 Å². The second-order valence-corrected chi connectivity index (χ2v) is 7.30. The van der Waals surface area contributed by atoms with Gasteiger partial charge in [-0.05, 0) is 31.2 Å². The molecular weight excluding hydrogens is 422 g/mol. The number of nitrogens with one attached hydrogen (secondary N) is 2. The van der Waals surface area contributed by atoms with E-state index in [4.69, 9.17) is 15.5 Å². The molecule has 11 heteroatoms. The highest BCUT2D eigenvalue weighted by Gasteiger charge is 2.17. The number of fused-ring (bicyclic) bond motifs is 2. The maximum Gasteiger partial charge on any atom is 0.251 e. The van der Waals surface area contributed by atoms with Crippen molar-refractivity contribution in [2.24, 2.45) is 5.73 Å². The van der Waals surface area contributed by atoms with E-state index in [1.54, 1.807) is 12.5 Å². The molecule has 11 nitrogen and oxygen atoms in total. The van der Waals surface area contributed by atoms with Gasteiger partial charge < -0.3 is 20.8 Å². The highest BCUT2D eigenvalue weighted by Crippen LogP contribution is 2.28. The minimum atomic E-state index is -0.305. The first-order valence-corrected chi connectivity index (χ1v) is 10.3. The predicted octanol–water partition coefficient (Wildman–Crippen LogP) is 1.98. The first kappa shape index (κ1) is 20.7. The average Bonchev–Trinajstić information content (AvgIpc) is 3.46. The number of hydrogen-bond acceptors (Lipinski definition) is 8. The van der Waals surface area contributed by atoms with Crippen molar-refractivity contribution in [3.8, 4) is 17.3 Å². The molecule has 166 valence electrons. The number of pyridine rings is 2. The molecule has 5 heterocycles. The van der Waals surface area contributed by atoms with E-state index in [9.17, 15) is 4.79 Å². The zero-order valence-electron chi connectivity index (χ0n) is 17.8. The molecule has 0 aliphatic carbocycles. The quantitative estimate of drug-likeness (QED) is 0.323. The number of rotatable bonds is 7. The second-order valence-electron chi connectivity index (χ2n) is 7.30. The third-order valence-electron chi connectivity index (χ3n) is 4.98. The average molecular weight is 443 g/mol. The topological polar surface area (TPSA) is 150 Å². The molecular formula is C22H21N9O2. The van der Waals surface area contributed by atoms with Crippen molar-refractivity contribution >= 4 is 33.8 Å². The van der Waals surface area contributed by atoms with Gasteiger partial charge in [-0.15, -0.1) is 0 Å². The normalized spacial score (nSPS) is 11.3. The van der Waals surface area contributed by atoms with E-state index in [1.165, 1.54) is 0 Å². The number of anilines is 1. The Kier molecular flexibility index (Phi) is 5.47. The lowest BCUT2D eigenvalue weighted by Gasteiger charge is -2.09. The smallest absolute Gasteiger partial charge is 0.251 e. The van der Waals surface area contributed by atoms with E-state index in [1.807, 2.05) is 48.0 Å². The van der Waals surface area contributed by atoms with E-state index in [0.717, 1.165) is 16.6 Å². The Morgan fingerprint density at radius 2 is 2.09 bits per heavy atom. The van der Waals surface area contributed by atoms with Gasteiger partial charge in [-0.2, -0.15) is 0 Å². The molecule has 1 amide bonds. The Bertz CT molecular complexity index is 1460. The molecule has 0 aromatic carbocycles. The Morgan fingerprint density at radius 3 is 2.94 bits per heavy atom. The predicted molar refractivity (Wildman–Crippen MR) is 123 cm³/mol. The fourth-order valence-electron chi connectivity index (χ4n) is 3.54. The van der Waals surface area contributed by atoms with Crippen LogP contribution in [0.25, 0.3) is 39.4 Å².